The standard InChI is InChI=1S/C85H98O4/c1-77(2,3)59-35-55(36-60(47-59)78(4,5)6)73(86)51-33-52(74(87)56-37-61(79(7,8)9)48-62(38-56)80(10,11)12)44-67(43-51)85(71-31-27-25-29-69(71)70-30-26-28-32-72(70)85)68-45-53(75(88)57-39-63(81(13,14)15)49-64(40-57)82(16,17)18)34-54(46-68)76(89)58-41-65(83(19,20)21)50-66(42-58)84(22,23)24/h25-50H,1-24H3. The molecular formula is C85H98O4. The van der Waals surface area contributed by atoms with Gasteiger partial charge in [0.05, 0.1) is 5.41 Å². The fourth-order valence-electron chi connectivity index (χ4n) is 12.4. The number of ketones is 4. The van der Waals surface area contributed by atoms with Crippen LogP contribution in [-0.4, -0.2) is 23.1 Å². The Morgan fingerprint density at radius 1 is 0.225 bits per heavy atom. The van der Waals surface area contributed by atoms with Crippen LogP contribution in [0.2, 0.25) is 0 Å². The van der Waals surface area contributed by atoms with Crippen molar-refractivity contribution in [2.45, 2.75) is 215 Å². The summed E-state index contributed by atoms with van der Waals surface area (Å²) in [6.45, 7) is 52.1. The van der Waals surface area contributed by atoms with E-state index < -0.39 is 5.41 Å². The maximum atomic E-state index is 16.2. The molecule has 8 aromatic carbocycles. The maximum Gasteiger partial charge on any atom is 0.193 e. The highest BCUT2D eigenvalue weighted by Crippen LogP contribution is 2.57. The summed E-state index contributed by atoms with van der Waals surface area (Å²) in [7, 11) is 0. The molecule has 0 aliphatic heterocycles. The molecule has 0 amide bonds. The second-order valence-corrected chi connectivity index (χ2v) is 34.0. The fourth-order valence-corrected chi connectivity index (χ4v) is 12.4. The van der Waals surface area contributed by atoms with E-state index in [1.807, 2.05) is 97.1 Å². The molecule has 0 aromatic heterocycles. The minimum atomic E-state index is -1.31. The van der Waals surface area contributed by atoms with Gasteiger partial charge in [-0.15, -0.1) is 0 Å². The fraction of sp³-hybridized carbons (Fsp3) is 0.388. The lowest BCUT2D eigenvalue weighted by Crippen LogP contribution is -2.30. The number of carbonyl (C=O) groups is 4. The summed E-state index contributed by atoms with van der Waals surface area (Å²) in [5, 5.41) is 0. The molecule has 0 spiro atoms. The van der Waals surface area contributed by atoms with Gasteiger partial charge in [0, 0.05) is 44.5 Å². The first kappa shape index (κ1) is 65.9. The average Bonchev–Trinajstić information content (AvgIpc) is 1.58. The molecule has 4 heteroatoms. The van der Waals surface area contributed by atoms with Crippen molar-refractivity contribution in [1.29, 1.82) is 0 Å². The largest absolute Gasteiger partial charge is 0.289 e. The Balaban J connectivity index is 1.46. The topological polar surface area (TPSA) is 68.3 Å². The van der Waals surface area contributed by atoms with E-state index in [-0.39, 0.29) is 66.5 Å². The third-order valence-corrected chi connectivity index (χ3v) is 18.4. The van der Waals surface area contributed by atoms with E-state index in [4.69, 9.17) is 0 Å². The molecule has 0 atom stereocenters. The molecule has 8 aromatic rings. The van der Waals surface area contributed by atoms with Gasteiger partial charge < -0.3 is 0 Å². The molecule has 1 aliphatic carbocycles. The summed E-state index contributed by atoms with van der Waals surface area (Å²) >= 11 is 0. The summed E-state index contributed by atoms with van der Waals surface area (Å²) in [5.41, 5.74) is 13.3. The molecule has 89 heavy (non-hydrogen) atoms. The molecule has 0 fully saturated rings. The molecule has 0 unspecified atom stereocenters. The lowest BCUT2D eigenvalue weighted by molar-refractivity contribution is 0.102. The van der Waals surface area contributed by atoms with E-state index in [1.54, 1.807) is 12.1 Å². The molecule has 462 valence electrons. The van der Waals surface area contributed by atoms with Gasteiger partial charge in [-0.25, -0.2) is 0 Å². The predicted octanol–water partition coefficient (Wildman–Crippen LogP) is 21.4. The molecule has 9 rings (SSSR count). The highest BCUT2D eigenvalue weighted by molar-refractivity contribution is 6.15. The maximum absolute atomic E-state index is 16.2. The van der Waals surface area contributed by atoms with Gasteiger partial charge in [0.25, 0.3) is 0 Å². The first-order valence-corrected chi connectivity index (χ1v) is 32.1. The molecule has 0 saturated carbocycles. The first-order chi connectivity index (χ1) is 40.8. The van der Waals surface area contributed by atoms with E-state index in [9.17, 15) is 0 Å². The van der Waals surface area contributed by atoms with Crippen molar-refractivity contribution in [3.8, 4) is 11.1 Å². The smallest absolute Gasteiger partial charge is 0.193 e. The van der Waals surface area contributed by atoms with E-state index >= 15 is 19.2 Å². The number of hydrogen-bond donors (Lipinski definition) is 0. The summed E-state index contributed by atoms with van der Waals surface area (Å²) in [6.07, 6.45) is 0. The van der Waals surface area contributed by atoms with Crippen LogP contribution >= 0.6 is 0 Å². The van der Waals surface area contributed by atoms with Crippen molar-refractivity contribution in [3.05, 3.63) is 269 Å². The summed E-state index contributed by atoms with van der Waals surface area (Å²) in [5.74, 6) is -0.861. The lowest BCUT2D eigenvalue weighted by Gasteiger charge is -2.35. The second-order valence-electron chi connectivity index (χ2n) is 34.0. The zero-order valence-electron chi connectivity index (χ0n) is 58.1. The molecule has 0 bridgehead atoms. The van der Waals surface area contributed by atoms with Crippen LogP contribution in [-0.2, 0) is 48.7 Å². The van der Waals surface area contributed by atoms with Crippen molar-refractivity contribution in [2.24, 2.45) is 0 Å². The van der Waals surface area contributed by atoms with Gasteiger partial charge in [-0.2, -0.15) is 0 Å². The zero-order chi connectivity index (χ0) is 65.9. The van der Waals surface area contributed by atoms with Gasteiger partial charge in [-0.05, 0) is 206 Å². The number of fused-ring (bicyclic) bond motifs is 3. The average molecular weight is 1180 g/mol. The Morgan fingerprint density at radius 2 is 0.393 bits per heavy atom. The van der Waals surface area contributed by atoms with Crippen molar-refractivity contribution in [3.63, 3.8) is 0 Å². The Bertz CT molecular complexity index is 3540. The highest BCUT2D eigenvalue weighted by atomic mass is 16.1. The first-order valence-electron chi connectivity index (χ1n) is 32.1. The van der Waals surface area contributed by atoms with Crippen molar-refractivity contribution in [1.82, 2.24) is 0 Å². The number of rotatable bonds is 10. The van der Waals surface area contributed by atoms with Crippen molar-refractivity contribution in [2.75, 3.05) is 0 Å². The summed E-state index contributed by atoms with van der Waals surface area (Å²) < 4.78 is 0. The second kappa shape index (κ2) is 22.4. The van der Waals surface area contributed by atoms with Gasteiger partial charge in [-0.3, -0.25) is 19.2 Å². The monoisotopic (exact) mass is 1180 g/mol. The van der Waals surface area contributed by atoms with Crippen LogP contribution in [0.1, 0.15) is 297 Å². The quantitative estimate of drug-likeness (QED) is 0.128. The minimum Gasteiger partial charge on any atom is -0.289 e. The molecular weight excluding hydrogens is 1080 g/mol. The van der Waals surface area contributed by atoms with E-state index in [0.717, 1.165) is 66.8 Å². The van der Waals surface area contributed by atoms with Crippen LogP contribution in [0.4, 0.5) is 0 Å². The van der Waals surface area contributed by atoms with E-state index in [2.05, 4.69) is 215 Å². The van der Waals surface area contributed by atoms with Gasteiger partial charge in [0.15, 0.2) is 23.1 Å². The molecule has 4 nitrogen and oxygen atoms in total. The summed E-state index contributed by atoms with van der Waals surface area (Å²) in [4.78, 5) is 64.7. The Labute approximate surface area is 534 Å². The van der Waals surface area contributed by atoms with Gasteiger partial charge >= 0.3 is 0 Å². The minimum absolute atomic E-state index is 0.215. The van der Waals surface area contributed by atoms with Gasteiger partial charge in [0.1, 0.15) is 0 Å². The van der Waals surface area contributed by atoms with Crippen LogP contribution in [0, 0.1) is 0 Å². The van der Waals surface area contributed by atoms with Crippen LogP contribution in [0.15, 0.2) is 158 Å². The van der Waals surface area contributed by atoms with E-state index in [1.165, 1.54) is 0 Å². The Hall–Kier alpha value is -7.56. The number of hydrogen-bond acceptors (Lipinski definition) is 4. The third-order valence-electron chi connectivity index (χ3n) is 18.4. The third kappa shape index (κ3) is 13.1. The highest BCUT2D eigenvalue weighted by Gasteiger charge is 2.48. The molecule has 0 radical (unpaired) electrons. The molecule has 0 heterocycles. The van der Waals surface area contributed by atoms with Crippen LogP contribution in [0.5, 0.6) is 0 Å². The SMILES string of the molecule is CC(C)(C)c1cc(C(=O)c2cc(C(=O)c3cc(C(C)(C)C)cc(C(C)(C)C)c3)cc(C3(c4cc(C(=O)c5cc(C(C)(C)C)cc(C(C)(C)C)c5)cc(C(=O)c5cc(C(C)(C)C)cc(C(C)(C)C)c5)c4)c4ccccc4-c4ccccc43)c2)cc(C(C)(C)C)c1. The van der Waals surface area contributed by atoms with Gasteiger partial charge in [-0.1, -0.05) is 239 Å². The molecule has 0 saturated heterocycles. The zero-order valence-corrected chi connectivity index (χ0v) is 58.1. The van der Waals surface area contributed by atoms with E-state index in [0.29, 0.717) is 55.6 Å². The number of benzene rings is 8. The Kier molecular flexibility index (Phi) is 16.6. The number of carbonyl (C=O) groups excluding carboxylic acids is 4. The molecule has 0 N–H and O–H groups in total. The van der Waals surface area contributed by atoms with Gasteiger partial charge in [0.2, 0.25) is 0 Å². The van der Waals surface area contributed by atoms with Crippen molar-refractivity contribution >= 4 is 23.1 Å². The predicted molar refractivity (Wildman–Crippen MR) is 373 cm³/mol. The van der Waals surface area contributed by atoms with Crippen LogP contribution in [0.3, 0.4) is 0 Å². The molecule has 1 aliphatic rings. The van der Waals surface area contributed by atoms with Crippen LogP contribution < -0.4 is 0 Å². The van der Waals surface area contributed by atoms with Crippen molar-refractivity contribution < 1.29 is 19.2 Å². The summed E-state index contributed by atoms with van der Waals surface area (Å²) in [6, 6.07) is 53.4. The lowest BCUT2D eigenvalue weighted by atomic mass is 9.66. The Morgan fingerprint density at radius 3 is 0.573 bits per heavy atom. The van der Waals surface area contributed by atoms with Crippen LogP contribution in [0.25, 0.3) is 11.1 Å². The normalized spacial score (nSPS) is 13.9.